The Hall–Kier alpha value is -2.62. The Morgan fingerprint density at radius 2 is 2.33 bits per heavy atom. The minimum absolute atomic E-state index is 0.00338. The van der Waals surface area contributed by atoms with E-state index in [1.165, 1.54) is 18.2 Å². The molecule has 0 atom stereocenters. The molecule has 0 aliphatic rings. The van der Waals surface area contributed by atoms with Gasteiger partial charge in [-0.15, -0.1) is 0 Å². The Morgan fingerprint density at radius 3 is 2.89 bits per heavy atom. The van der Waals surface area contributed by atoms with Crippen molar-refractivity contribution in [2.45, 2.75) is 13.5 Å². The molecule has 7 heteroatoms. The molecule has 94 valence electrons. The highest BCUT2D eigenvalue weighted by Crippen LogP contribution is 2.21. The average molecular weight is 249 g/mol. The molecule has 1 aromatic rings. The predicted octanol–water partition coefficient (Wildman–Crippen LogP) is 1.71. The number of ether oxygens (including phenoxy) is 1. The van der Waals surface area contributed by atoms with Crippen molar-refractivity contribution in [3.8, 4) is 6.07 Å². The molecular weight excluding hydrogens is 238 g/mol. The number of nitro benzene ring substituents is 1. The topological polar surface area (TPSA) is 105 Å². The summed E-state index contributed by atoms with van der Waals surface area (Å²) in [5.74, 6) is 0. The van der Waals surface area contributed by atoms with Crippen LogP contribution in [0, 0.1) is 21.4 Å². The Labute approximate surface area is 103 Å². The van der Waals surface area contributed by atoms with Gasteiger partial charge in [0.25, 0.3) is 5.69 Å². The van der Waals surface area contributed by atoms with E-state index in [1.807, 2.05) is 0 Å². The van der Waals surface area contributed by atoms with Gasteiger partial charge in [-0.3, -0.25) is 10.1 Å². The molecule has 1 amide bonds. The average Bonchev–Trinajstić information content (AvgIpc) is 2.36. The van der Waals surface area contributed by atoms with Crippen LogP contribution in [0.5, 0.6) is 0 Å². The second-order valence-corrected chi connectivity index (χ2v) is 3.25. The molecule has 7 nitrogen and oxygen atoms in total. The van der Waals surface area contributed by atoms with Crippen LogP contribution < -0.4 is 5.32 Å². The van der Waals surface area contributed by atoms with E-state index in [9.17, 15) is 14.9 Å². The van der Waals surface area contributed by atoms with Gasteiger partial charge in [0.15, 0.2) is 0 Å². The number of amides is 1. The summed E-state index contributed by atoms with van der Waals surface area (Å²) in [6, 6.07) is 6.01. The molecule has 0 aromatic heterocycles. The fraction of sp³-hybridized carbons (Fsp3) is 0.273. The van der Waals surface area contributed by atoms with Gasteiger partial charge in [-0.25, -0.2) is 4.79 Å². The molecule has 0 saturated carbocycles. The van der Waals surface area contributed by atoms with E-state index in [-0.39, 0.29) is 24.4 Å². The van der Waals surface area contributed by atoms with E-state index in [2.05, 4.69) is 10.1 Å². The molecule has 1 N–H and O–H groups in total. The van der Waals surface area contributed by atoms with Crippen LogP contribution >= 0.6 is 0 Å². The minimum atomic E-state index is -0.633. The first-order chi connectivity index (χ1) is 8.60. The summed E-state index contributed by atoms with van der Waals surface area (Å²) in [5, 5.41) is 22.0. The van der Waals surface area contributed by atoms with Crippen molar-refractivity contribution in [3.63, 3.8) is 0 Å². The van der Waals surface area contributed by atoms with Gasteiger partial charge in [-0.2, -0.15) is 5.26 Å². The van der Waals surface area contributed by atoms with Crippen LogP contribution in [0.25, 0.3) is 0 Å². The molecule has 0 radical (unpaired) electrons. The molecule has 1 aromatic carbocycles. The lowest BCUT2D eigenvalue weighted by Gasteiger charge is -2.06. The van der Waals surface area contributed by atoms with Crippen LogP contribution in [0.15, 0.2) is 18.2 Å². The van der Waals surface area contributed by atoms with Crippen molar-refractivity contribution in [1.82, 2.24) is 5.32 Å². The number of hydrogen-bond acceptors (Lipinski definition) is 5. The highest BCUT2D eigenvalue weighted by Gasteiger charge is 2.17. The van der Waals surface area contributed by atoms with Gasteiger partial charge in [0, 0.05) is 12.6 Å². The van der Waals surface area contributed by atoms with E-state index in [4.69, 9.17) is 5.26 Å². The Kier molecular flexibility index (Phi) is 4.63. The van der Waals surface area contributed by atoms with Crippen molar-refractivity contribution in [2.75, 3.05) is 6.61 Å². The number of carbonyl (C=O) groups is 1. The number of nitro groups is 1. The zero-order valence-corrected chi connectivity index (χ0v) is 9.67. The quantitative estimate of drug-likeness (QED) is 0.645. The van der Waals surface area contributed by atoms with Crippen LogP contribution in [-0.2, 0) is 11.3 Å². The normalized spacial score (nSPS) is 9.33. The van der Waals surface area contributed by atoms with Gasteiger partial charge in [0.2, 0.25) is 0 Å². The first-order valence-electron chi connectivity index (χ1n) is 5.17. The van der Waals surface area contributed by atoms with Crippen LogP contribution in [0.3, 0.4) is 0 Å². The summed E-state index contributed by atoms with van der Waals surface area (Å²) >= 11 is 0. The zero-order valence-electron chi connectivity index (χ0n) is 9.67. The van der Waals surface area contributed by atoms with E-state index in [1.54, 1.807) is 13.0 Å². The van der Waals surface area contributed by atoms with Crippen LogP contribution in [0.2, 0.25) is 0 Å². The van der Waals surface area contributed by atoms with Gasteiger partial charge in [-0.05, 0) is 12.5 Å². The fourth-order valence-electron chi connectivity index (χ4n) is 1.36. The van der Waals surface area contributed by atoms with Crippen molar-refractivity contribution < 1.29 is 14.5 Å². The summed E-state index contributed by atoms with van der Waals surface area (Å²) in [6.07, 6.45) is -0.632. The molecule has 0 saturated heterocycles. The standard InChI is InChI=1S/C11H11N3O4/c1-2-18-11(15)13-7-8-4-3-5-10(14(16)17)9(8)6-12/h3-5H,2,7H2,1H3,(H,13,15). The lowest BCUT2D eigenvalue weighted by Crippen LogP contribution is -2.24. The van der Waals surface area contributed by atoms with E-state index >= 15 is 0 Å². The SMILES string of the molecule is CCOC(=O)NCc1cccc([N+](=O)[O-])c1C#N. The maximum atomic E-state index is 11.1. The molecule has 18 heavy (non-hydrogen) atoms. The molecule has 0 heterocycles. The van der Waals surface area contributed by atoms with Crippen molar-refractivity contribution in [2.24, 2.45) is 0 Å². The van der Waals surface area contributed by atoms with Gasteiger partial charge < -0.3 is 10.1 Å². The van der Waals surface area contributed by atoms with Gasteiger partial charge in [-0.1, -0.05) is 12.1 Å². The smallest absolute Gasteiger partial charge is 0.407 e. The highest BCUT2D eigenvalue weighted by molar-refractivity contribution is 5.67. The van der Waals surface area contributed by atoms with Crippen LogP contribution in [-0.4, -0.2) is 17.6 Å². The lowest BCUT2D eigenvalue weighted by atomic mass is 10.1. The summed E-state index contributed by atoms with van der Waals surface area (Å²) in [7, 11) is 0. The number of carbonyl (C=O) groups excluding carboxylic acids is 1. The summed E-state index contributed by atoms with van der Waals surface area (Å²) in [6.45, 7) is 1.89. The molecule has 0 aliphatic heterocycles. The van der Waals surface area contributed by atoms with E-state index in [0.717, 1.165) is 0 Å². The third-order valence-corrected chi connectivity index (χ3v) is 2.14. The van der Waals surface area contributed by atoms with Gasteiger partial charge >= 0.3 is 6.09 Å². The highest BCUT2D eigenvalue weighted by atomic mass is 16.6. The first-order valence-corrected chi connectivity index (χ1v) is 5.17. The number of nitriles is 1. The Morgan fingerprint density at radius 1 is 1.61 bits per heavy atom. The second kappa shape index (κ2) is 6.20. The monoisotopic (exact) mass is 249 g/mol. The third-order valence-electron chi connectivity index (χ3n) is 2.14. The number of nitrogens with zero attached hydrogens (tertiary/aromatic N) is 2. The third kappa shape index (κ3) is 3.18. The molecule has 1 rings (SSSR count). The van der Waals surface area contributed by atoms with E-state index in [0.29, 0.717) is 5.56 Å². The number of rotatable bonds is 4. The molecule has 0 fully saturated rings. The van der Waals surface area contributed by atoms with Crippen LogP contribution in [0.4, 0.5) is 10.5 Å². The second-order valence-electron chi connectivity index (χ2n) is 3.25. The maximum Gasteiger partial charge on any atom is 0.407 e. The number of benzene rings is 1. The zero-order chi connectivity index (χ0) is 13.5. The van der Waals surface area contributed by atoms with Gasteiger partial charge in [0.1, 0.15) is 11.6 Å². The van der Waals surface area contributed by atoms with Gasteiger partial charge in [0.05, 0.1) is 11.5 Å². The molecular formula is C11H11N3O4. The van der Waals surface area contributed by atoms with Crippen LogP contribution in [0.1, 0.15) is 18.1 Å². The number of nitrogens with one attached hydrogen (secondary N) is 1. The summed E-state index contributed by atoms with van der Waals surface area (Å²) < 4.78 is 4.65. The molecule has 0 unspecified atom stereocenters. The maximum absolute atomic E-state index is 11.1. The minimum Gasteiger partial charge on any atom is -0.450 e. The van der Waals surface area contributed by atoms with Crippen molar-refractivity contribution in [1.29, 1.82) is 5.26 Å². The largest absolute Gasteiger partial charge is 0.450 e. The number of hydrogen-bond donors (Lipinski definition) is 1. The predicted molar refractivity (Wildman–Crippen MR) is 61.7 cm³/mol. The van der Waals surface area contributed by atoms with E-state index < -0.39 is 11.0 Å². The fourth-order valence-corrected chi connectivity index (χ4v) is 1.36. The lowest BCUT2D eigenvalue weighted by molar-refractivity contribution is -0.385. The summed E-state index contributed by atoms with van der Waals surface area (Å²) in [5.41, 5.74) is 0.0414. The van der Waals surface area contributed by atoms with Crippen molar-refractivity contribution in [3.05, 3.63) is 39.4 Å². The summed E-state index contributed by atoms with van der Waals surface area (Å²) in [4.78, 5) is 21.2. The van der Waals surface area contributed by atoms with Crippen molar-refractivity contribution >= 4 is 11.8 Å². The Bertz CT molecular complexity index is 508. The molecule has 0 aliphatic carbocycles. The number of alkyl carbamates (subject to hydrolysis) is 1. The Balaban J connectivity index is 2.90. The first kappa shape index (κ1) is 13.4. The molecule has 0 bridgehead atoms. The molecule has 0 spiro atoms.